The highest BCUT2D eigenvalue weighted by atomic mass is 32.1. The van der Waals surface area contributed by atoms with Crippen LogP contribution in [0.5, 0.6) is 5.19 Å². The molecule has 0 aromatic carbocycles. The van der Waals surface area contributed by atoms with E-state index in [2.05, 4.69) is 15.0 Å². The lowest BCUT2D eigenvalue weighted by Gasteiger charge is -2.41. The number of aromatic nitrogens is 2. The second-order valence-electron chi connectivity index (χ2n) is 7.73. The van der Waals surface area contributed by atoms with Crippen LogP contribution in [0.15, 0.2) is 45.0 Å². The van der Waals surface area contributed by atoms with Gasteiger partial charge in [-0.3, -0.25) is 9.69 Å². The van der Waals surface area contributed by atoms with Crippen molar-refractivity contribution in [3.63, 3.8) is 0 Å². The molecule has 0 saturated carbocycles. The lowest BCUT2D eigenvalue weighted by molar-refractivity contribution is 0.0420. The summed E-state index contributed by atoms with van der Waals surface area (Å²) in [5, 5.41) is 6.65. The molecule has 30 heavy (non-hydrogen) atoms. The molecule has 5 heterocycles. The van der Waals surface area contributed by atoms with Crippen LogP contribution in [0.3, 0.4) is 0 Å². The van der Waals surface area contributed by atoms with Crippen LogP contribution in [0.25, 0.3) is 11.5 Å². The number of carbonyl (C=O) groups excluding carboxylic acids is 1. The van der Waals surface area contributed by atoms with Crippen LogP contribution in [0.2, 0.25) is 0 Å². The lowest BCUT2D eigenvalue weighted by Crippen LogP contribution is -2.50. The Morgan fingerprint density at radius 2 is 1.97 bits per heavy atom. The van der Waals surface area contributed by atoms with Gasteiger partial charge in [0.2, 0.25) is 5.76 Å². The van der Waals surface area contributed by atoms with Gasteiger partial charge in [-0.25, -0.2) is 4.98 Å². The van der Waals surface area contributed by atoms with E-state index in [0.717, 1.165) is 57.1 Å². The number of rotatable bonds is 5. The Morgan fingerprint density at radius 3 is 2.67 bits per heavy atom. The zero-order valence-electron chi connectivity index (χ0n) is 16.6. The smallest absolute Gasteiger partial charge is 0.276 e. The number of carbonyl (C=O) groups is 1. The number of thiazole rings is 1. The molecule has 0 spiro atoms. The van der Waals surface area contributed by atoms with Gasteiger partial charge in [-0.1, -0.05) is 16.5 Å². The zero-order chi connectivity index (χ0) is 20.3. The van der Waals surface area contributed by atoms with Crippen LogP contribution in [0.1, 0.15) is 36.2 Å². The highest BCUT2D eigenvalue weighted by molar-refractivity contribution is 7.11. The molecule has 2 fully saturated rings. The summed E-state index contributed by atoms with van der Waals surface area (Å²) in [5.74, 6) is 0.967. The molecular formula is C21H24N4O4S. The van der Waals surface area contributed by atoms with Gasteiger partial charge in [-0.15, -0.1) is 0 Å². The van der Waals surface area contributed by atoms with E-state index < -0.39 is 0 Å². The number of furan rings is 1. The van der Waals surface area contributed by atoms with Crippen molar-refractivity contribution >= 4 is 17.2 Å². The van der Waals surface area contributed by atoms with E-state index in [1.807, 2.05) is 10.3 Å². The molecule has 0 unspecified atom stereocenters. The Hall–Kier alpha value is -2.65. The Morgan fingerprint density at radius 1 is 1.13 bits per heavy atom. The summed E-state index contributed by atoms with van der Waals surface area (Å²) in [7, 11) is 0. The Bertz CT molecular complexity index is 940. The van der Waals surface area contributed by atoms with Crippen molar-refractivity contribution in [2.45, 2.75) is 37.8 Å². The van der Waals surface area contributed by atoms with Crippen LogP contribution < -0.4 is 4.74 Å². The molecule has 2 saturated heterocycles. The molecule has 0 N–H and O–H groups in total. The maximum atomic E-state index is 12.8. The van der Waals surface area contributed by atoms with E-state index in [-0.39, 0.29) is 12.0 Å². The third kappa shape index (κ3) is 4.13. The molecule has 1 amide bonds. The van der Waals surface area contributed by atoms with Crippen molar-refractivity contribution in [2.24, 2.45) is 0 Å². The third-order valence-corrected chi connectivity index (χ3v) is 6.58. The van der Waals surface area contributed by atoms with Crippen molar-refractivity contribution in [1.29, 1.82) is 0 Å². The first-order valence-corrected chi connectivity index (χ1v) is 11.2. The largest absolute Gasteiger partial charge is 0.467 e. The van der Waals surface area contributed by atoms with Crippen molar-refractivity contribution in [1.82, 2.24) is 19.9 Å². The maximum absolute atomic E-state index is 12.8. The number of nitrogens with zero attached hydrogens (tertiary/aromatic N) is 4. The molecule has 5 rings (SSSR count). The van der Waals surface area contributed by atoms with Crippen molar-refractivity contribution < 1.29 is 18.5 Å². The number of amides is 1. The maximum Gasteiger partial charge on any atom is 0.276 e. The standard InChI is InChI=1S/C21H24N4O4S/c26-20(17-14-19(29-23-17)18-2-1-12-27-18)25-8-3-15(4-9-25)24-10-5-16(6-11-24)28-21-22-7-13-30-21/h1-2,7,12-16H,3-6,8-11H2. The number of likely N-dealkylation sites (tertiary alicyclic amines) is 2. The van der Waals surface area contributed by atoms with Crippen LogP contribution in [-0.2, 0) is 0 Å². The van der Waals surface area contributed by atoms with Crippen LogP contribution >= 0.6 is 11.3 Å². The Kier molecular flexibility index (Phi) is 5.54. The van der Waals surface area contributed by atoms with E-state index in [4.69, 9.17) is 13.7 Å². The first-order valence-electron chi connectivity index (χ1n) is 10.4. The molecule has 0 aliphatic carbocycles. The first-order chi connectivity index (χ1) is 14.8. The van der Waals surface area contributed by atoms with Gasteiger partial charge >= 0.3 is 0 Å². The van der Waals surface area contributed by atoms with E-state index in [1.54, 1.807) is 42.0 Å². The third-order valence-electron chi connectivity index (χ3n) is 5.92. The summed E-state index contributed by atoms with van der Waals surface area (Å²) >= 11 is 1.55. The van der Waals surface area contributed by atoms with E-state index in [0.29, 0.717) is 23.3 Å². The quantitative estimate of drug-likeness (QED) is 0.614. The first kappa shape index (κ1) is 19.3. The molecular weight excluding hydrogens is 404 g/mol. The number of hydrogen-bond acceptors (Lipinski definition) is 8. The fourth-order valence-corrected chi connectivity index (χ4v) is 4.83. The summed E-state index contributed by atoms with van der Waals surface area (Å²) in [4.78, 5) is 21.4. The number of hydrogen-bond donors (Lipinski definition) is 0. The monoisotopic (exact) mass is 428 g/mol. The topological polar surface area (TPSA) is 84.8 Å². The molecule has 8 nitrogen and oxygen atoms in total. The minimum atomic E-state index is -0.0782. The molecule has 9 heteroatoms. The molecule has 2 aliphatic rings. The highest BCUT2D eigenvalue weighted by Crippen LogP contribution is 2.26. The molecule has 3 aromatic rings. The van der Waals surface area contributed by atoms with Crippen molar-refractivity contribution in [3.05, 3.63) is 41.7 Å². The van der Waals surface area contributed by atoms with Gasteiger partial charge in [0.25, 0.3) is 11.1 Å². The SMILES string of the molecule is O=C(c1cc(-c2ccco2)on1)N1CCC(N2CCC(Oc3nccs3)CC2)CC1. The average molecular weight is 429 g/mol. The Labute approximate surface area is 178 Å². The van der Waals surface area contributed by atoms with Crippen LogP contribution in [-0.4, -0.2) is 64.2 Å². The zero-order valence-corrected chi connectivity index (χ0v) is 17.4. The number of ether oxygens (including phenoxy) is 1. The summed E-state index contributed by atoms with van der Waals surface area (Å²) in [5.41, 5.74) is 0.333. The van der Waals surface area contributed by atoms with Gasteiger partial charge in [0.15, 0.2) is 11.5 Å². The molecule has 2 aliphatic heterocycles. The van der Waals surface area contributed by atoms with Crippen LogP contribution in [0, 0.1) is 0 Å². The molecule has 0 radical (unpaired) electrons. The number of piperidine rings is 2. The van der Waals surface area contributed by atoms with Crippen molar-refractivity contribution in [2.75, 3.05) is 26.2 Å². The molecule has 0 bridgehead atoms. The lowest BCUT2D eigenvalue weighted by atomic mass is 9.98. The molecule has 158 valence electrons. The minimum absolute atomic E-state index is 0.0782. The van der Waals surface area contributed by atoms with Gasteiger partial charge in [-0.05, 0) is 37.8 Å². The van der Waals surface area contributed by atoms with Crippen molar-refractivity contribution in [3.8, 4) is 16.7 Å². The van der Waals surface area contributed by atoms with Gasteiger partial charge < -0.3 is 18.6 Å². The van der Waals surface area contributed by atoms with E-state index in [9.17, 15) is 4.79 Å². The molecule has 3 aromatic heterocycles. The van der Waals surface area contributed by atoms with Gasteiger partial charge in [0.05, 0.1) is 6.26 Å². The summed E-state index contributed by atoms with van der Waals surface area (Å²) in [6.45, 7) is 3.54. The van der Waals surface area contributed by atoms with Crippen LogP contribution in [0.4, 0.5) is 0 Å². The molecule has 0 atom stereocenters. The highest BCUT2D eigenvalue weighted by Gasteiger charge is 2.31. The second-order valence-corrected chi connectivity index (χ2v) is 8.59. The van der Waals surface area contributed by atoms with Gasteiger partial charge in [-0.2, -0.15) is 0 Å². The normalized spacial score (nSPS) is 19.3. The minimum Gasteiger partial charge on any atom is -0.467 e. The second kappa shape index (κ2) is 8.61. The fraction of sp³-hybridized carbons (Fsp3) is 0.476. The predicted octanol–water partition coefficient (Wildman–Crippen LogP) is 3.54. The fourth-order valence-electron chi connectivity index (χ4n) is 4.28. The van der Waals surface area contributed by atoms with E-state index in [1.165, 1.54) is 0 Å². The predicted molar refractivity (Wildman–Crippen MR) is 110 cm³/mol. The Balaban J connectivity index is 1.10. The summed E-state index contributed by atoms with van der Waals surface area (Å²) < 4.78 is 16.5. The van der Waals surface area contributed by atoms with E-state index >= 15 is 0 Å². The van der Waals surface area contributed by atoms with Gasteiger partial charge in [0, 0.05) is 49.9 Å². The average Bonchev–Trinajstić information content (AvgIpc) is 3.56. The summed E-state index contributed by atoms with van der Waals surface area (Å²) in [6, 6.07) is 5.73. The summed E-state index contributed by atoms with van der Waals surface area (Å²) in [6.07, 6.45) is 7.60. The van der Waals surface area contributed by atoms with Gasteiger partial charge in [0.1, 0.15) is 6.10 Å².